The highest BCUT2D eigenvalue weighted by molar-refractivity contribution is 5.31. The van der Waals surface area contributed by atoms with Gasteiger partial charge in [0.1, 0.15) is 11.5 Å². The lowest BCUT2D eigenvalue weighted by atomic mass is 10.0. The summed E-state index contributed by atoms with van der Waals surface area (Å²) < 4.78 is 11.3. The maximum absolute atomic E-state index is 6.05. The van der Waals surface area contributed by atoms with E-state index in [-0.39, 0.29) is 0 Å². The minimum atomic E-state index is 0.383. The Bertz CT molecular complexity index is 364. The van der Waals surface area contributed by atoms with E-state index in [1.54, 1.807) is 0 Å². The van der Waals surface area contributed by atoms with E-state index in [4.69, 9.17) is 15.2 Å². The maximum Gasteiger partial charge on any atom is 0.119 e. The van der Waals surface area contributed by atoms with Crippen LogP contribution in [0.2, 0.25) is 0 Å². The summed E-state index contributed by atoms with van der Waals surface area (Å²) in [6.45, 7) is 3.62. The molecule has 0 bridgehead atoms. The fourth-order valence-corrected chi connectivity index (χ4v) is 2.60. The Morgan fingerprint density at radius 2 is 1.68 bits per heavy atom. The Morgan fingerprint density at radius 3 is 2.21 bits per heavy atom. The number of rotatable bonds is 7. The molecule has 1 aliphatic rings. The Kier molecular flexibility index (Phi) is 5.52. The largest absolute Gasteiger partial charge is 0.494 e. The lowest BCUT2D eigenvalue weighted by Crippen LogP contribution is -2.25. The summed E-state index contributed by atoms with van der Waals surface area (Å²) in [5, 5.41) is 0. The van der Waals surface area contributed by atoms with Crippen LogP contribution in [0, 0.1) is 5.92 Å². The first-order valence-corrected chi connectivity index (χ1v) is 7.41. The highest BCUT2D eigenvalue weighted by atomic mass is 16.5. The Hall–Kier alpha value is -1.22. The average Bonchev–Trinajstić information content (AvgIpc) is 2.84. The molecule has 0 spiro atoms. The molecular weight excluding hydrogens is 238 g/mol. The number of hydrogen-bond acceptors (Lipinski definition) is 3. The van der Waals surface area contributed by atoms with E-state index < -0.39 is 0 Å². The third kappa shape index (κ3) is 4.43. The maximum atomic E-state index is 6.05. The molecule has 0 heterocycles. The number of nitrogens with two attached hydrogens (primary N) is 1. The minimum Gasteiger partial charge on any atom is -0.494 e. The molecule has 0 radical (unpaired) electrons. The summed E-state index contributed by atoms with van der Waals surface area (Å²) in [4.78, 5) is 0. The molecule has 0 aromatic heterocycles. The molecule has 0 amide bonds. The predicted octanol–water partition coefficient (Wildman–Crippen LogP) is 3.37. The van der Waals surface area contributed by atoms with E-state index in [1.165, 1.54) is 19.3 Å². The van der Waals surface area contributed by atoms with Gasteiger partial charge >= 0.3 is 0 Å². The van der Waals surface area contributed by atoms with Gasteiger partial charge in [-0.15, -0.1) is 0 Å². The summed E-state index contributed by atoms with van der Waals surface area (Å²) in [6, 6.07) is 8.26. The van der Waals surface area contributed by atoms with Crippen LogP contribution in [0.1, 0.15) is 39.0 Å². The van der Waals surface area contributed by atoms with Gasteiger partial charge in [0.15, 0.2) is 0 Å². The van der Waals surface area contributed by atoms with Crippen LogP contribution in [0.25, 0.3) is 0 Å². The van der Waals surface area contributed by atoms with Gasteiger partial charge in [-0.3, -0.25) is 0 Å². The molecular formula is C16H25NO2. The monoisotopic (exact) mass is 263 g/mol. The van der Waals surface area contributed by atoms with Crippen molar-refractivity contribution < 1.29 is 9.47 Å². The first kappa shape index (κ1) is 14.2. The molecule has 0 saturated heterocycles. The Morgan fingerprint density at radius 1 is 1.05 bits per heavy atom. The van der Waals surface area contributed by atoms with Crippen molar-refractivity contribution in [1.82, 2.24) is 0 Å². The van der Waals surface area contributed by atoms with Crippen molar-refractivity contribution in [1.29, 1.82) is 0 Å². The molecule has 3 heteroatoms. The zero-order valence-electron chi connectivity index (χ0n) is 11.8. The highest BCUT2D eigenvalue weighted by Gasteiger charge is 2.23. The van der Waals surface area contributed by atoms with Crippen molar-refractivity contribution in [2.75, 3.05) is 13.2 Å². The number of hydrogen-bond donors (Lipinski definition) is 1. The fourth-order valence-electron chi connectivity index (χ4n) is 2.60. The molecule has 19 heavy (non-hydrogen) atoms. The molecule has 1 saturated carbocycles. The van der Waals surface area contributed by atoms with Crippen LogP contribution in [0.15, 0.2) is 24.3 Å². The van der Waals surface area contributed by atoms with Crippen molar-refractivity contribution in [3.8, 4) is 11.5 Å². The SMILES string of the molecule is CCCOc1ccc(OCCC2CCCC2N)cc1. The van der Waals surface area contributed by atoms with Gasteiger partial charge in [0, 0.05) is 6.04 Å². The van der Waals surface area contributed by atoms with Gasteiger partial charge < -0.3 is 15.2 Å². The van der Waals surface area contributed by atoms with Crippen molar-refractivity contribution in [2.45, 2.75) is 45.1 Å². The summed E-state index contributed by atoms with van der Waals surface area (Å²) in [5.74, 6) is 2.47. The van der Waals surface area contributed by atoms with Crippen molar-refractivity contribution in [3.63, 3.8) is 0 Å². The molecule has 2 N–H and O–H groups in total. The van der Waals surface area contributed by atoms with Gasteiger partial charge in [-0.2, -0.15) is 0 Å². The first-order chi connectivity index (χ1) is 9.29. The summed E-state index contributed by atoms with van der Waals surface area (Å²) in [6.07, 6.45) is 5.80. The molecule has 2 unspecified atom stereocenters. The summed E-state index contributed by atoms with van der Waals surface area (Å²) in [7, 11) is 0. The zero-order chi connectivity index (χ0) is 13.5. The van der Waals surface area contributed by atoms with Gasteiger partial charge in [0.25, 0.3) is 0 Å². The van der Waals surface area contributed by atoms with E-state index in [0.29, 0.717) is 12.0 Å². The standard InChI is InChI=1S/C16H25NO2/c1-2-11-18-14-6-8-15(9-7-14)19-12-10-13-4-3-5-16(13)17/h6-9,13,16H,2-5,10-12,17H2,1H3. The number of ether oxygens (including phenoxy) is 2. The topological polar surface area (TPSA) is 44.5 Å². The van der Waals surface area contributed by atoms with Crippen LogP contribution >= 0.6 is 0 Å². The molecule has 2 atom stereocenters. The van der Waals surface area contributed by atoms with E-state index in [2.05, 4.69) is 6.92 Å². The van der Waals surface area contributed by atoms with Crippen LogP contribution in [-0.2, 0) is 0 Å². The fraction of sp³-hybridized carbons (Fsp3) is 0.625. The molecule has 1 aliphatic carbocycles. The smallest absolute Gasteiger partial charge is 0.119 e. The predicted molar refractivity (Wildman–Crippen MR) is 77.7 cm³/mol. The highest BCUT2D eigenvalue weighted by Crippen LogP contribution is 2.27. The average molecular weight is 263 g/mol. The molecule has 1 fully saturated rings. The van der Waals surface area contributed by atoms with E-state index in [9.17, 15) is 0 Å². The number of benzene rings is 1. The van der Waals surface area contributed by atoms with Gasteiger partial charge in [0.05, 0.1) is 13.2 Å². The van der Waals surface area contributed by atoms with Crippen LogP contribution in [-0.4, -0.2) is 19.3 Å². The second-order valence-electron chi connectivity index (χ2n) is 5.31. The summed E-state index contributed by atoms with van der Waals surface area (Å²) >= 11 is 0. The first-order valence-electron chi connectivity index (χ1n) is 7.41. The zero-order valence-corrected chi connectivity index (χ0v) is 11.8. The molecule has 106 valence electrons. The minimum absolute atomic E-state index is 0.383. The van der Waals surface area contributed by atoms with Crippen LogP contribution < -0.4 is 15.2 Å². The molecule has 0 aliphatic heterocycles. The quantitative estimate of drug-likeness (QED) is 0.820. The molecule has 1 aromatic rings. The van der Waals surface area contributed by atoms with E-state index in [1.807, 2.05) is 24.3 Å². The lowest BCUT2D eigenvalue weighted by molar-refractivity contribution is 0.270. The lowest BCUT2D eigenvalue weighted by Gasteiger charge is -2.15. The van der Waals surface area contributed by atoms with Crippen LogP contribution in [0.4, 0.5) is 0 Å². The van der Waals surface area contributed by atoms with Gasteiger partial charge in [-0.1, -0.05) is 13.3 Å². The normalized spacial score (nSPS) is 22.4. The van der Waals surface area contributed by atoms with Gasteiger partial charge in [0.2, 0.25) is 0 Å². The third-order valence-electron chi connectivity index (χ3n) is 3.77. The summed E-state index contributed by atoms with van der Waals surface area (Å²) in [5.41, 5.74) is 6.05. The second-order valence-corrected chi connectivity index (χ2v) is 5.31. The Balaban J connectivity index is 1.70. The Labute approximate surface area is 116 Å². The van der Waals surface area contributed by atoms with Gasteiger partial charge in [-0.05, 0) is 55.9 Å². The van der Waals surface area contributed by atoms with Crippen molar-refractivity contribution in [3.05, 3.63) is 24.3 Å². The second kappa shape index (κ2) is 7.39. The van der Waals surface area contributed by atoms with Crippen LogP contribution in [0.5, 0.6) is 11.5 Å². The van der Waals surface area contributed by atoms with E-state index in [0.717, 1.165) is 37.6 Å². The molecule has 2 rings (SSSR count). The van der Waals surface area contributed by atoms with Crippen LogP contribution in [0.3, 0.4) is 0 Å². The van der Waals surface area contributed by atoms with Gasteiger partial charge in [-0.25, -0.2) is 0 Å². The molecule has 1 aromatic carbocycles. The van der Waals surface area contributed by atoms with Crippen molar-refractivity contribution in [2.24, 2.45) is 11.7 Å². The van der Waals surface area contributed by atoms with Crippen molar-refractivity contribution >= 4 is 0 Å². The third-order valence-corrected chi connectivity index (χ3v) is 3.77. The molecule has 3 nitrogen and oxygen atoms in total. The van der Waals surface area contributed by atoms with E-state index >= 15 is 0 Å².